The van der Waals surface area contributed by atoms with Crippen molar-refractivity contribution in [2.45, 2.75) is 13.8 Å². The fraction of sp³-hybridized carbons (Fsp3) is 0.0962. The Hall–Kier alpha value is -5.95. The molecule has 0 bridgehead atoms. The minimum absolute atomic E-state index is 0.545. The van der Waals surface area contributed by atoms with E-state index in [4.69, 9.17) is 14.9 Å². The van der Waals surface area contributed by atoms with Crippen molar-refractivity contribution in [3.05, 3.63) is 203 Å². The summed E-state index contributed by atoms with van der Waals surface area (Å²) in [4.78, 5) is 1.66. The molecule has 0 N–H and O–H groups in total. The predicted molar refractivity (Wildman–Crippen MR) is 240 cm³/mol. The van der Waals surface area contributed by atoms with Crippen LogP contribution >= 0.6 is 7.26 Å². The molecule has 283 valence electrons. The molecule has 0 radical (unpaired) electrons. The molecule has 0 aliphatic carbocycles. The zero-order valence-electron chi connectivity index (χ0n) is 32.7. The molecule has 58 heavy (non-hydrogen) atoms. The van der Waals surface area contributed by atoms with E-state index in [1.165, 1.54) is 27.1 Å². The standard InChI is InChI=1S/C52H42N3OP.Os/c1-5-16-39-23-28-42(29-24-39)49-33-34-50(52-51(49)53-55(4)54-52)43-30-25-40(26-31-43)27-32-44(35-45-37-56-36-41(45)6-2)38(3)57(46-17-10-7-11-18-46,47-19-12-8-13-20-47)48-21-14-9-15-22-48;/h5-26,28-31,33-35H,36-37H2,1-2,4H3;/q+1;/b16-5+,41-6?,44-38?,45-35?;. The number of aromatic nitrogens is 3. The fourth-order valence-corrected chi connectivity index (χ4v) is 13.4. The van der Waals surface area contributed by atoms with Gasteiger partial charge in [-0.15, -0.1) is 0 Å². The Morgan fingerprint density at radius 2 is 1.16 bits per heavy atom. The first kappa shape index (κ1) is 38.9. The third-order valence-electron chi connectivity index (χ3n) is 10.5. The molecule has 4 nitrogen and oxygen atoms in total. The topological polar surface area (TPSA) is 39.9 Å². The summed E-state index contributed by atoms with van der Waals surface area (Å²) in [6, 6.07) is 54.1. The Kier molecular flexibility index (Phi) is 11.9. The summed E-state index contributed by atoms with van der Waals surface area (Å²) in [7, 11) is -0.599. The van der Waals surface area contributed by atoms with E-state index in [2.05, 4.69) is 199 Å². The molecule has 0 amide bonds. The summed E-state index contributed by atoms with van der Waals surface area (Å²) in [6.07, 6.45) is 8.56. The van der Waals surface area contributed by atoms with Gasteiger partial charge in [-0.3, -0.25) is 0 Å². The molecule has 0 saturated carbocycles. The van der Waals surface area contributed by atoms with Crippen LogP contribution in [0.2, 0.25) is 0 Å². The summed E-state index contributed by atoms with van der Waals surface area (Å²) in [5.41, 5.74) is 11.4. The fourth-order valence-electron chi connectivity index (χ4n) is 7.67. The van der Waals surface area contributed by atoms with E-state index in [0.29, 0.717) is 13.2 Å². The molecule has 0 unspecified atom stereocenters. The molecule has 7 aromatic rings. The third-order valence-corrected chi connectivity index (χ3v) is 15.8. The molecule has 0 atom stereocenters. The first-order valence-electron chi connectivity index (χ1n) is 19.3. The van der Waals surface area contributed by atoms with Crippen LogP contribution in [0.25, 0.3) is 39.4 Å². The first-order valence-corrected chi connectivity index (χ1v) is 22.4. The zero-order chi connectivity index (χ0) is 39.9. The van der Waals surface area contributed by atoms with Gasteiger partial charge in [-0.25, -0.2) is 0 Å². The maximum atomic E-state index is 5.98. The summed E-state index contributed by atoms with van der Waals surface area (Å²) >= 11 is 1.77. The van der Waals surface area contributed by atoms with Crippen molar-refractivity contribution in [2.75, 3.05) is 13.2 Å². The zero-order valence-corrected chi connectivity index (χ0v) is 36.1. The number of allylic oxidation sites excluding steroid dienone is 5. The molecule has 2 heterocycles. The minimum atomic E-state index is -2.48. The molecule has 6 heteroatoms. The van der Waals surface area contributed by atoms with Crippen LogP contribution in [-0.2, 0) is 29.7 Å². The molecule has 1 saturated heterocycles. The first-order chi connectivity index (χ1) is 28.5. The average molecular weight is 946 g/mol. The van der Waals surface area contributed by atoms with Gasteiger partial charge in [0.2, 0.25) is 0 Å². The van der Waals surface area contributed by atoms with Gasteiger partial charge in [0.25, 0.3) is 0 Å². The molecular weight excluding hydrogens is 904 g/mol. The van der Waals surface area contributed by atoms with Crippen LogP contribution in [0, 0.1) is 16.2 Å². The van der Waals surface area contributed by atoms with E-state index < -0.39 is 7.26 Å². The van der Waals surface area contributed by atoms with Gasteiger partial charge >= 0.3 is 277 Å². The second-order valence-electron chi connectivity index (χ2n) is 14.0. The second kappa shape index (κ2) is 17.7. The van der Waals surface area contributed by atoms with Gasteiger partial charge in [0, 0.05) is 12.6 Å². The van der Waals surface area contributed by atoms with E-state index in [9.17, 15) is 0 Å². The van der Waals surface area contributed by atoms with Gasteiger partial charge in [0.15, 0.2) is 0 Å². The summed E-state index contributed by atoms with van der Waals surface area (Å²) in [5, 5.41) is 14.5. The summed E-state index contributed by atoms with van der Waals surface area (Å²) < 4.78 is 9.77. The molecule has 1 fully saturated rings. The van der Waals surface area contributed by atoms with Gasteiger partial charge in [0.05, 0.1) is 0 Å². The Morgan fingerprint density at radius 1 is 0.655 bits per heavy atom. The van der Waals surface area contributed by atoms with Crippen molar-refractivity contribution in [1.29, 1.82) is 0 Å². The van der Waals surface area contributed by atoms with Crippen LogP contribution < -0.4 is 15.9 Å². The Morgan fingerprint density at radius 3 is 1.64 bits per heavy atom. The van der Waals surface area contributed by atoms with Crippen LogP contribution in [-0.4, -0.2) is 28.2 Å². The van der Waals surface area contributed by atoms with Crippen molar-refractivity contribution in [2.24, 2.45) is 7.05 Å². The maximum absolute atomic E-state index is 5.98. The third kappa shape index (κ3) is 7.70. The van der Waals surface area contributed by atoms with Crippen molar-refractivity contribution < 1.29 is 22.7 Å². The molecule has 0 spiro atoms. The van der Waals surface area contributed by atoms with Gasteiger partial charge in [-0.2, -0.15) is 9.90 Å². The number of rotatable bonds is 8. The SMILES string of the molecule is CC=C1COCC1=CC(C#Cc1ccc(-c2ccc(-c3ccc(/C=C/C)cc3)c3nn(C)nc23)cc1)=C([C]#[Os])[P+](c1ccccc1)(c1ccccc1)c1ccccc1. The normalized spacial score (nSPS) is 14.7. The van der Waals surface area contributed by atoms with Gasteiger partial charge in [0.1, 0.15) is 0 Å². The van der Waals surface area contributed by atoms with Gasteiger partial charge in [-0.05, 0) is 18.1 Å². The van der Waals surface area contributed by atoms with Crippen LogP contribution in [0.3, 0.4) is 0 Å². The van der Waals surface area contributed by atoms with Crippen LogP contribution in [0.4, 0.5) is 0 Å². The number of ether oxygens (including phenoxy) is 1. The van der Waals surface area contributed by atoms with E-state index in [-0.39, 0.29) is 0 Å². The van der Waals surface area contributed by atoms with E-state index in [1.807, 2.05) is 14.0 Å². The van der Waals surface area contributed by atoms with Gasteiger partial charge in [-0.1, -0.05) is 36.4 Å². The van der Waals surface area contributed by atoms with Crippen molar-refractivity contribution in [3.63, 3.8) is 0 Å². The molecule has 1 aromatic heterocycles. The van der Waals surface area contributed by atoms with Crippen molar-refractivity contribution in [1.82, 2.24) is 15.0 Å². The molecular formula is C52H42N3OOsP+. The second-order valence-corrected chi connectivity index (χ2v) is 18.0. The number of nitrogens with zero attached hydrogens (tertiary/aromatic N) is 3. The van der Waals surface area contributed by atoms with E-state index in [1.54, 1.807) is 22.7 Å². The quantitative estimate of drug-likeness (QED) is 0.113. The Balaban J connectivity index is 1.27. The average Bonchev–Trinajstić information content (AvgIpc) is 3.91. The van der Waals surface area contributed by atoms with Crippen LogP contribution in [0.15, 0.2) is 192 Å². The Bertz CT molecular complexity index is 2720. The molecule has 1 aliphatic heterocycles. The van der Waals surface area contributed by atoms with E-state index >= 15 is 0 Å². The molecule has 1 aliphatic rings. The predicted octanol–water partition coefficient (Wildman–Crippen LogP) is 10.3. The van der Waals surface area contributed by atoms with Crippen LogP contribution in [0.5, 0.6) is 0 Å². The van der Waals surface area contributed by atoms with Crippen molar-refractivity contribution >= 4 is 40.3 Å². The monoisotopic (exact) mass is 947 g/mol. The Labute approximate surface area is 351 Å². The van der Waals surface area contributed by atoms with Crippen molar-refractivity contribution in [3.8, 4) is 38.5 Å². The molecule has 8 rings (SSSR count). The summed E-state index contributed by atoms with van der Waals surface area (Å²) in [5.74, 6) is 7.30. The number of aryl methyl sites for hydroxylation is 1. The van der Waals surface area contributed by atoms with E-state index in [0.717, 1.165) is 55.3 Å². The summed E-state index contributed by atoms with van der Waals surface area (Å²) in [6.45, 7) is 5.25. The van der Waals surface area contributed by atoms with Crippen LogP contribution in [0.1, 0.15) is 25.0 Å². The number of hydrogen-bond acceptors (Lipinski definition) is 3. The number of benzene rings is 6. The number of hydrogen-bond donors (Lipinski definition) is 0. The molecule has 6 aromatic carbocycles. The number of fused-ring (bicyclic) bond motifs is 1. The van der Waals surface area contributed by atoms with Gasteiger partial charge < -0.3 is 0 Å².